The molecule has 0 saturated heterocycles. The second kappa shape index (κ2) is 6.71. The monoisotopic (exact) mass is 266 g/mol. The van der Waals surface area contributed by atoms with Gasteiger partial charge in [-0.15, -0.1) is 0 Å². The van der Waals surface area contributed by atoms with Crippen molar-refractivity contribution in [1.29, 1.82) is 0 Å². The Labute approximate surface area is 119 Å². The first-order valence-electron chi connectivity index (χ1n) is 2.83. The van der Waals surface area contributed by atoms with Gasteiger partial charge in [-0.3, -0.25) is 0 Å². The van der Waals surface area contributed by atoms with Crippen molar-refractivity contribution in [3.05, 3.63) is 0 Å². The maximum absolute atomic E-state index is 12.1. The van der Waals surface area contributed by atoms with Gasteiger partial charge in [0.25, 0.3) is 6.43 Å². The molecule has 80 valence electrons. The van der Waals surface area contributed by atoms with Crippen LogP contribution in [0.1, 0.15) is 0 Å². The zero-order valence-corrected chi connectivity index (χ0v) is 10.8. The third-order valence-electron chi connectivity index (χ3n) is 1.07. The van der Waals surface area contributed by atoms with Crippen LogP contribution in [0.15, 0.2) is 0 Å². The van der Waals surface area contributed by atoms with Gasteiger partial charge < -0.3 is 4.55 Å². The topological polar surface area (TPSA) is 57.2 Å². The van der Waals surface area contributed by atoms with Gasteiger partial charge >= 0.3 is 51.4 Å². The third kappa shape index (κ3) is 5.33. The molecular formula is C4H4F5KO3S. The average Bonchev–Trinajstić information content (AvgIpc) is 1.98. The predicted molar refractivity (Wildman–Crippen MR) is 30.4 cm³/mol. The summed E-state index contributed by atoms with van der Waals surface area (Å²) >= 11 is 0. The minimum atomic E-state index is -5.75. The Kier molecular flexibility index (Phi) is 8.43. The van der Waals surface area contributed by atoms with Gasteiger partial charge in [-0.25, -0.2) is 30.4 Å². The molecule has 0 aliphatic heterocycles. The minimum Gasteiger partial charge on any atom is -0.746 e. The van der Waals surface area contributed by atoms with Gasteiger partial charge in [0, 0.05) is 0 Å². The van der Waals surface area contributed by atoms with Crippen LogP contribution in [0, 0.1) is 0 Å². The molecule has 3 atom stereocenters. The SMILES string of the molecule is O=S(=O)([O-])C(F)C(F)C(F)C(F)F.[K+]. The summed E-state index contributed by atoms with van der Waals surface area (Å²) in [4.78, 5) is 0. The second-order valence-electron chi connectivity index (χ2n) is 2.07. The zero-order valence-electron chi connectivity index (χ0n) is 6.83. The summed E-state index contributed by atoms with van der Waals surface area (Å²) in [5, 5.41) is 0. The molecule has 0 bridgehead atoms. The molecule has 0 spiro atoms. The molecule has 0 saturated carbocycles. The Bertz CT molecular complexity index is 258. The Morgan fingerprint density at radius 2 is 1.29 bits per heavy atom. The molecule has 3 unspecified atom stereocenters. The molecule has 0 radical (unpaired) electrons. The van der Waals surface area contributed by atoms with Crippen molar-refractivity contribution in [2.24, 2.45) is 0 Å². The smallest absolute Gasteiger partial charge is 0.746 e. The van der Waals surface area contributed by atoms with Crippen molar-refractivity contribution in [2.45, 2.75) is 24.3 Å². The van der Waals surface area contributed by atoms with Gasteiger partial charge in [-0.2, -0.15) is 0 Å². The largest absolute Gasteiger partial charge is 1.00 e. The van der Waals surface area contributed by atoms with Gasteiger partial charge in [0.1, 0.15) is 10.1 Å². The van der Waals surface area contributed by atoms with E-state index in [1.54, 1.807) is 0 Å². The maximum Gasteiger partial charge on any atom is 1.00 e. The van der Waals surface area contributed by atoms with E-state index in [1.807, 2.05) is 0 Å². The summed E-state index contributed by atoms with van der Waals surface area (Å²) in [5.74, 6) is 0. The average molecular weight is 266 g/mol. The van der Waals surface area contributed by atoms with Crippen LogP contribution in [0.4, 0.5) is 22.0 Å². The van der Waals surface area contributed by atoms with Crippen molar-refractivity contribution >= 4 is 10.1 Å². The van der Waals surface area contributed by atoms with E-state index in [9.17, 15) is 34.9 Å². The van der Waals surface area contributed by atoms with Gasteiger partial charge in [-0.1, -0.05) is 0 Å². The molecule has 0 aliphatic rings. The summed E-state index contributed by atoms with van der Waals surface area (Å²) in [7, 11) is -5.75. The van der Waals surface area contributed by atoms with Crippen molar-refractivity contribution in [3.63, 3.8) is 0 Å². The van der Waals surface area contributed by atoms with Crippen LogP contribution in [0.25, 0.3) is 0 Å². The molecule has 0 rings (SSSR count). The van der Waals surface area contributed by atoms with E-state index < -0.39 is 34.4 Å². The van der Waals surface area contributed by atoms with E-state index in [2.05, 4.69) is 0 Å². The molecule has 0 aromatic heterocycles. The van der Waals surface area contributed by atoms with Crippen LogP contribution in [0.3, 0.4) is 0 Å². The Morgan fingerprint density at radius 1 is 0.929 bits per heavy atom. The fourth-order valence-corrected chi connectivity index (χ4v) is 0.911. The number of halogens is 5. The molecule has 14 heavy (non-hydrogen) atoms. The first-order chi connectivity index (χ1) is 5.68. The summed E-state index contributed by atoms with van der Waals surface area (Å²) < 4.78 is 88.0. The van der Waals surface area contributed by atoms with E-state index in [1.165, 1.54) is 0 Å². The first kappa shape index (κ1) is 17.6. The maximum atomic E-state index is 12.1. The van der Waals surface area contributed by atoms with Crippen LogP contribution in [-0.2, 0) is 10.1 Å². The number of rotatable bonds is 4. The summed E-state index contributed by atoms with van der Waals surface area (Å²) in [6, 6.07) is 0. The van der Waals surface area contributed by atoms with Gasteiger partial charge in [0.2, 0.25) is 5.50 Å². The molecule has 0 amide bonds. The Morgan fingerprint density at radius 3 is 1.50 bits per heavy atom. The Balaban J connectivity index is 0. The van der Waals surface area contributed by atoms with Crippen molar-refractivity contribution in [3.8, 4) is 0 Å². The molecule has 10 heteroatoms. The standard InChI is InChI=1S/C4H5F5O3S.K/c5-1(3(7)8)2(6)4(9)13(10,11)12;/h1-4H,(H,10,11,12);/q;+1/p-1. The number of hydrogen-bond acceptors (Lipinski definition) is 3. The minimum absolute atomic E-state index is 0. The Hall–Kier alpha value is 1.20. The fraction of sp³-hybridized carbons (Fsp3) is 1.00. The van der Waals surface area contributed by atoms with E-state index in [-0.39, 0.29) is 51.4 Å². The third-order valence-corrected chi connectivity index (χ3v) is 1.88. The van der Waals surface area contributed by atoms with Crippen molar-refractivity contribution in [1.82, 2.24) is 0 Å². The molecule has 0 aromatic carbocycles. The molecule has 0 fully saturated rings. The summed E-state index contributed by atoms with van der Waals surface area (Å²) in [6.45, 7) is 0. The van der Waals surface area contributed by atoms with Crippen molar-refractivity contribution in [2.75, 3.05) is 0 Å². The molecule has 0 heterocycles. The summed E-state index contributed by atoms with van der Waals surface area (Å²) in [6.07, 6.45) is -11.2. The predicted octanol–water partition coefficient (Wildman–Crippen LogP) is -2.23. The van der Waals surface area contributed by atoms with E-state index >= 15 is 0 Å². The molecule has 0 N–H and O–H groups in total. The molecule has 0 aliphatic carbocycles. The molecule has 3 nitrogen and oxygen atoms in total. The zero-order chi connectivity index (χ0) is 10.8. The van der Waals surface area contributed by atoms with Gasteiger partial charge in [0.05, 0.1) is 0 Å². The van der Waals surface area contributed by atoms with E-state index in [0.29, 0.717) is 0 Å². The van der Waals surface area contributed by atoms with Crippen LogP contribution < -0.4 is 51.4 Å². The summed E-state index contributed by atoms with van der Waals surface area (Å²) in [5.41, 5.74) is -3.81. The molecule has 0 aromatic rings. The number of alkyl halides is 5. The van der Waals surface area contributed by atoms with E-state index in [4.69, 9.17) is 0 Å². The van der Waals surface area contributed by atoms with Crippen LogP contribution in [0.5, 0.6) is 0 Å². The van der Waals surface area contributed by atoms with Crippen molar-refractivity contribution < 1.29 is 86.3 Å². The van der Waals surface area contributed by atoms with E-state index in [0.717, 1.165) is 0 Å². The quantitative estimate of drug-likeness (QED) is 0.329. The fourth-order valence-electron chi connectivity index (χ4n) is 0.443. The van der Waals surface area contributed by atoms with Crippen LogP contribution in [-0.4, -0.2) is 37.2 Å². The van der Waals surface area contributed by atoms with Crippen LogP contribution >= 0.6 is 0 Å². The molecular weight excluding hydrogens is 262 g/mol. The van der Waals surface area contributed by atoms with Gasteiger partial charge in [0.15, 0.2) is 12.3 Å². The second-order valence-corrected chi connectivity index (χ2v) is 3.50. The first-order valence-corrected chi connectivity index (χ1v) is 4.30. The van der Waals surface area contributed by atoms with Crippen LogP contribution in [0.2, 0.25) is 0 Å². The number of hydrogen-bond donors (Lipinski definition) is 0. The normalized spacial score (nSPS) is 18.5. The van der Waals surface area contributed by atoms with Gasteiger partial charge in [-0.05, 0) is 0 Å².